The van der Waals surface area contributed by atoms with Crippen LogP contribution < -0.4 is 5.32 Å². The van der Waals surface area contributed by atoms with Gasteiger partial charge in [0.05, 0.1) is 22.4 Å². The van der Waals surface area contributed by atoms with Crippen LogP contribution in [-0.2, 0) is 13.0 Å². The smallest absolute Gasteiger partial charge is 0.0759 e. The number of rotatable bonds is 6. The molecule has 1 atom stereocenters. The molecule has 0 amide bonds. The van der Waals surface area contributed by atoms with Gasteiger partial charge in [0, 0.05) is 6.54 Å². The van der Waals surface area contributed by atoms with Crippen molar-refractivity contribution in [3.63, 3.8) is 0 Å². The first-order valence-electron chi connectivity index (χ1n) is 7.24. The van der Waals surface area contributed by atoms with E-state index in [2.05, 4.69) is 71.4 Å². The van der Waals surface area contributed by atoms with E-state index < -0.39 is 0 Å². The second-order valence-electron chi connectivity index (χ2n) is 4.78. The molecular formula is C16H22BrN3. The summed E-state index contributed by atoms with van der Waals surface area (Å²) in [4.78, 5) is 0. The van der Waals surface area contributed by atoms with Gasteiger partial charge in [0.1, 0.15) is 0 Å². The molecule has 0 aliphatic heterocycles. The van der Waals surface area contributed by atoms with Crippen LogP contribution in [0.5, 0.6) is 0 Å². The van der Waals surface area contributed by atoms with Crippen molar-refractivity contribution in [1.82, 2.24) is 15.1 Å². The molecule has 0 radical (unpaired) electrons. The molecule has 4 heteroatoms. The van der Waals surface area contributed by atoms with Gasteiger partial charge in [-0.1, -0.05) is 38.1 Å². The Bertz CT molecular complexity index is 545. The summed E-state index contributed by atoms with van der Waals surface area (Å²) in [6.45, 7) is 8.22. The summed E-state index contributed by atoms with van der Waals surface area (Å²) in [5.41, 5.74) is 3.84. The lowest BCUT2D eigenvalue weighted by atomic mass is 10.0. The molecule has 0 aliphatic rings. The first kappa shape index (κ1) is 15.3. The van der Waals surface area contributed by atoms with E-state index in [0.717, 1.165) is 24.0 Å². The Kier molecular flexibility index (Phi) is 5.38. The molecule has 2 rings (SSSR count). The van der Waals surface area contributed by atoms with Crippen LogP contribution in [0.2, 0.25) is 0 Å². The van der Waals surface area contributed by atoms with Crippen molar-refractivity contribution in [3.05, 3.63) is 51.8 Å². The van der Waals surface area contributed by atoms with Gasteiger partial charge in [0.25, 0.3) is 0 Å². The highest BCUT2D eigenvalue weighted by molar-refractivity contribution is 9.10. The van der Waals surface area contributed by atoms with Gasteiger partial charge in [-0.05, 0) is 46.9 Å². The van der Waals surface area contributed by atoms with Gasteiger partial charge in [-0.3, -0.25) is 4.68 Å². The Hall–Kier alpha value is -1.13. The van der Waals surface area contributed by atoms with Crippen LogP contribution in [0.25, 0.3) is 0 Å². The summed E-state index contributed by atoms with van der Waals surface area (Å²) in [5.74, 6) is 0. The first-order valence-corrected chi connectivity index (χ1v) is 8.03. The molecule has 0 saturated heterocycles. The minimum atomic E-state index is 0.169. The van der Waals surface area contributed by atoms with Crippen LogP contribution in [0.1, 0.15) is 43.6 Å². The van der Waals surface area contributed by atoms with E-state index in [-0.39, 0.29) is 6.04 Å². The van der Waals surface area contributed by atoms with Crippen molar-refractivity contribution in [2.24, 2.45) is 0 Å². The second kappa shape index (κ2) is 7.04. The van der Waals surface area contributed by atoms with Gasteiger partial charge in [0.2, 0.25) is 0 Å². The quantitative estimate of drug-likeness (QED) is 0.866. The summed E-state index contributed by atoms with van der Waals surface area (Å²) < 4.78 is 3.11. The molecule has 1 aromatic heterocycles. The van der Waals surface area contributed by atoms with Crippen molar-refractivity contribution < 1.29 is 0 Å². The predicted octanol–water partition coefficient (Wildman–Crippen LogP) is 3.93. The van der Waals surface area contributed by atoms with Crippen LogP contribution in [0.4, 0.5) is 0 Å². The van der Waals surface area contributed by atoms with Gasteiger partial charge >= 0.3 is 0 Å². The van der Waals surface area contributed by atoms with Crippen molar-refractivity contribution >= 4 is 15.9 Å². The number of aryl methyl sites for hydroxylation is 2. The van der Waals surface area contributed by atoms with Crippen LogP contribution >= 0.6 is 15.9 Å². The van der Waals surface area contributed by atoms with Gasteiger partial charge < -0.3 is 5.32 Å². The molecule has 1 aromatic carbocycles. The lowest BCUT2D eigenvalue weighted by molar-refractivity contribution is 0.541. The molecule has 3 nitrogen and oxygen atoms in total. The number of nitrogens with zero attached hydrogens (tertiary/aromatic N) is 2. The highest BCUT2D eigenvalue weighted by atomic mass is 79.9. The molecule has 0 aliphatic carbocycles. The standard InChI is InChI=1S/C16H22BrN3/c1-4-12-7-9-13(10-8-12)15(18-5-2)16-14(17)11-19-20(16)6-3/h7-11,15,18H,4-6H2,1-3H3. The first-order chi connectivity index (χ1) is 9.71. The van der Waals surface area contributed by atoms with E-state index in [9.17, 15) is 0 Å². The fourth-order valence-electron chi connectivity index (χ4n) is 2.43. The number of nitrogens with one attached hydrogen (secondary N) is 1. The Balaban J connectivity index is 2.41. The molecule has 20 heavy (non-hydrogen) atoms. The van der Waals surface area contributed by atoms with E-state index in [0.29, 0.717) is 0 Å². The number of hydrogen-bond acceptors (Lipinski definition) is 2. The molecule has 0 bridgehead atoms. The van der Waals surface area contributed by atoms with Gasteiger partial charge in [-0.2, -0.15) is 5.10 Å². The average Bonchev–Trinajstić information content (AvgIpc) is 2.86. The molecule has 1 heterocycles. The van der Waals surface area contributed by atoms with Crippen LogP contribution in [0.3, 0.4) is 0 Å². The van der Waals surface area contributed by atoms with Crippen LogP contribution in [-0.4, -0.2) is 16.3 Å². The summed E-state index contributed by atoms with van der Waals surface area (Å²) in [5, 5.41) is 7.99. The minimum absolute atomic E-state index is 0.169. The third kappa shape index (κ3) is 3.13. The number of halogens is 1. The predicted molar refractivity (Wildman–Crippen MR) is 86.9 cm³/mol. The minimum Gasteiger partial charge on any atom is -0.305 e. The van der Waals surface area contributed by atoms with E-state index in [1.54, 1.807) is 0 Å². The zero-order valence-corrected chi connectivity index (χ0v) is 13.9. The normalized spacial score (nSPS) is 12.6. The SMILES string of the molecule is CCNC(c1ccc(CC)cc1)c1c(Br)cnn1CC. The molecule has 0 fully saturated rings. The maximum Gasteiger partial charge on any atom is 0.0759 e. The fraction of sp³-hybridized carbons (Fsp3) is 0.438. The Morgan fingerprint density at radius 1 is 1.20 bits per heavy atom. The monoisotopic (exact) mass is 335 g/mol. The Labute approximate surface area is 129 Å². The maximum atomic E-state index is 4.43. The highest BCUT2D eigenvalue weighted by Crippen LogP contribution is 2.28. The van der Waals surface area contributed by atoms with Crippen LogP contribution in [0.15, 0.2) is 34.9 Å². The van der Waals surface area contributed by atoms with Gasteiger partial charge in [-0.25, -0.2) is 0 Å². The van der Waals surface area contributed by atoms with Crippen molar-refractivity contribution in [2.75, 3.05) is 6.54 Å². The third-order valence-corrected chi connectivity index (χ3v) is 4.15. The molecule has 0 saturated carbocycles. The molecule has 0 spiro atoms. The Morgan fingerprint density at radius 2 is 1.90 bits per heavy atom. The summed E-state index contributed by atoms with van der Waals surface area (Å²) in [6.07, 6.45) is 2.95. The van der Waals surface area contributed by atoms with Gasteiger partial charge in [-0.15, -0.1) is 0 Å². The number of benzene rings is 1. The average molecular weight is 336 g/mol. The topological polar surface area (TPSA) is 29.9 Å². The number of hydrogen-bond donors (Lipinski definition) is 1. The highest BCUT2D eigenvalue weighted by Gasteiger charge is 2.20. The molecular weight excluding hydrogens is 314 g/mol. The third-order valence-electron chi connectivity index (χ3n) is 3.54. The van der Waals surface area contributed by atoms with E-state index in [4.69, 9.17) is 0 Å². The zero-order chi connectivity index (χ0) is 14.5. The van der Waals surface area contributed by atoms with Crippen molar-refractivity contribution in [1.29, 1.82) is 0 Å². The largest absolute Gasteiger partial charge is 0.305 e. The van der Waals surface area contributed by atoms with Gasteiger partial charge in [0.15, 0.2) is 0 Å². The summed E-state index contributed by atoms with van der Waals surface area (Å²) >= 11 is 3.63. The van der Waals surface area contributed by atoms with E-state index in [1.807, 2.05) is 10.9 Å². The maximum absolute atomic E-state index is 4.43. The molecule has 1 N–H and O–H groups in total. The lowest BCUT2D eigenvalue weighted by Gasteiger charge is -2.20. The summed E-state index contributed by atoms with van der Waals surface area (Å²) in [6, 6.07) is 9.01. The molecule has 2 aromatic rings. The van der Waals surface area contributed by atoms with Crippen molar-refractivity contribution in [3.8, 4) is 0 Å². The van der Waals surface area contributed by atoms with E-state index >= 15 is 0 Å². The molecule has 108 valence electrons. The zero-order valence-electron chi connectivity index (χ0n) is 12.4. The van der Waals surface area contributed by atoms with E-state index in [1.165, 1.54) is 16.8 Å². The fourth-order valence-corrected chi connectivity index (χ4v) is 2.96. The van der Waals surface area contributed by atoms with Crippen LogP contribution in [0, 0.1) is 0 Å². The molecule has 1 unspecified atom stereocenters. The lowest BCUT2D eigenvalue weighted by Crippen LogP contribution is -2.25. The number of aromatic nitrogens is 2. The Morgan fingerprint density at radius 3 is 2.45 bits per heavy atom. The second-order valence-corrected chi connectivity index (χ2v) is 5.63. The summed E-state index contributed by atoms with van der Waals surface area (Å²) in [7, 11) is 0. The van der Waals surface area contributed by atoms with Crippen molar-refractivity contribution in [2.45, 2.75) is 39.8 Å².